The smallest absolute Gasteiger partial charge is 0.151 e. The molecule has 0 bridgehead atoms. The van der Waals surface area contributed by atoms with Crippen LogP contribution in [0.25, 0.3) is 0 Å². The van der Waals surface area contributed by atoms with Gasteiger partial charge in [-0.1, -0.05) is 0 Å². The fourth-order valence-corrected chi connectivity index (χ4v) is 0. The van der Waals surface area contributed by atoms with Crippen LogP contribution < -0.4 is 0 Å². The average molecular weight is 152 g/mol. The van der Waals surface area contributed by atoms with Crippen molar-refractivity contribution in [3.63, 3.8) is 0 Å². The highest BCUT2D eigenvalue weighted by Gasteiger charge is 1.72. The second-order valence-electron chi connectivity index (χ2n) is 1.48. The molecule has 56 valence electrons. The summed E-state index contributed by atoms with van der Waals surface area (Å²) in [6, 6.07) is 0. The van der Waals surface area contributed by atoms with E-state index in [0.29, 0.717) is 0 Å². The van der Waals surface area contributed by atoms with E-state index in [4.69, 9.17) is 0 Å². The van der Waals surface area contributed by atoms with Crippen LogP contribution >= 0.6 is 0 Å². The molecule has 0 rings (SSSR count). The number of carbonyl (C=O) groups is 1. The van der Waals surface area contributed by atoms with Crippen molar-refractivity contribution in [3.8, 4) is 0 Å². The van der Waals surface area contributed by atoms with E-state index in [1.165, 1.54) is 27.2 Å². The molecule has 1 unspecified atom stereocenters. The molecule has 0 aromatic carbocycles. The third kappa shape index (κ3) is 82.0. The lowest BCUT2D eigenvalue weighted by molar-refractivity contribution is -0.114. The normalized spacial score (nSPS) is 11.1. The Morgan fingerprint density at radius 3 is 1.56 bits per heavy atom. The van der Waals surface area contributed by atoms with Gasteiger partial charge in [0.1, 0.15) is 5.78 Å². The van der Waals surface area contributed by atoms with Crippen LogP contribution in [0.1, 0.15) is 13.8 Å². The van der Waals surface area contributed by atoms with Crippen molar-refractivity contribution >= 4 is 16.9 Å². The maximum atomic E-state index is 9.70. The molecule has 0 radical (unpaired) electrons. The summed E-state index contributed by atoms with van der Waals surface area (Å²) in [4.78, 5) is 9.44. The van der Waals surface area contributed by atoms with Crippen LogP contribution in [-0.2, 0) is 20.1 Å². The van der Waals surface area contributed by atoms with Crippen LogP contribution in [0.4, 0.5) is 0 Å². The van der Waals surface area contributed by atoms with E-state index < -0.39 is 11.1 Å². The van der Waals surface area contributed by atoms with Gasteiger partial charge in [0, 0.05) is 6.26 Å². The number of ketones is 1. The molecule has 0 fully saturated rings. The average Bonchev–Trinajstić information content (AvgIpc) is 1.65. The van der Waals surface area contributed by atoms with Gasteiger partial charge < -0.3 is 4.79 Å². The Bertz CT molecular complexity index is 96.4. The first-order chi connectivity index (χ1) is 4.00. The van der Waals surface area contributed by atoms with E-state index in [9.17, 15) is 9.00 Å². The van der Waals surface area contributed by atoms with E-state index in [2.05, 4.69) is 4.18 Å². The molecule has 0 aliphatic carbocycles. The summed E-state index contributed by atoms with van der Waals surface area (Å²) in [7, 11) is 1.40. The standard InChI is InChI=1S/C3H6O.C2H6O2S/c1-3(2)4;1-4-5(2)3/h1-2H3;1-2H3. The molecule has 0 amide bonds. The summed E-state index contributed by atoms with van der Waals surface area (Å²) in [5.41, 5.74) is 0. The molecule has 0 saturated heterocycles. The highest BCUT2D eigenvalue weighted by Crippen LogP contribution is 1.65. The zero-order chi connectivity index (χ0) is 7.86. The van der Waals surface area contributed by atoms with Gasteiger partial charge in [0.05, 0.1) is 7.11 Å². The molecule has 0 aromatic heterocycles. The van der Waals surface area contributed by atoms with Gasteiger partial charge in [0.15, 0.2) is 11.1 Å². The summed E-state index contributed by atoms with van der Waals surface area (Å²) >= 11 is -1.07. The minimum absolute atomic E-state index is 0.167. The number of hydrogen-bond acceptors (Lipinski definition) is 3. The second-order valence-corrected chi connectivity index (χ2v) is 2.61. The largest absolute Gasteiger partial charge is 0.300 e. The van der Waals surface area contributed by atoms with Crippen molar-refractivity contribution in [1.82, 2.24) is 0 Å². The van der Waals surface area contributed by atoms with Crippen LogP contribution in [0.3, 0.4) is 0 Å². The molecular formula is C5H12O3S. The van der Waals surface area contributed by atoms with E-state index >= 15 is 0 Å². The van der Waals surface area contributed by atoms with Gasteiger partial charge in [-0.15, -0.1) is 0 Å². The molecule has 0 aromatic rings. The molecule has 3 nitrogen and oxygen atoms in total. The van der Waals surface area contributed by atoms with Gasteiger partial charge in [0.2, 0.25) is 0 Å². The van der Waals surface area contributed by atoms with Gasteiger partial charge >= 0.3 is 0 Å². The van der Waals surface area contributed by atoms with Gasteiger partial charge in [-0.2, -0.15) is 0 Å². The molecule has 0 saturated carbocycles. The molecule has 0 heterocycles. The second kappa shape index (κ2) is 7.78. The lowest BCUT2D eigenvalue weighted by Gasteiger charge is -1.78. The van der Waals surface area contributed by atoms with Crippen molar-refractivity contribution in [1.29, 1.82) is 0 Å². The fourth-order valence-electron chi connectivity index (χ4n) is 0. The number of rotatable bonds is 1. The highest BCUT2D eigenvalue weighted by atomic mass is 32.2. The van der Waals surface area contributed by atoms with E-state index in [1.807, 2.05) is 0 Å². The predicted octanol–water partition coefficient (Wildman–Crippen LogP) is 0.522. The maximum absolute atomic E-state index is 9.70. The minimum atomic E-state index is -1.07. The highest BCUT2D eigenvalue weighted by molar-refractivity contribution is 7.79. The van der Waals surface area contributed by atoms with Gasteiger partial charge in [-0.25, -0.2) is 4.21 Å². The summed E-state index contributed by atoms with van der Waals surface area (Å²) < 4.78 is 13.9. The van der Waals surface area contributed by atoms with Crippen LogP contribution in [0, 0.1) is 0 Å². The lowest BCUT2D eigenvalue weighted by atomic mass is 10.6. The van der Waals surface area contributed by atoms with E-state index in [0.717, 1.165) is 0 Å². The van der Waals surface area contributed by atoms with Crippen LogP contribution in [0.5, 0.6) is 0 Å². The van der Waals surface area contributed by atoms with E-state index in [1.54, 1.807) is 0 Å². The molecule has 4 heteroatoms. The van der Waals surface area contributed by atoms with Gasteiger partial charge in [-0.05, 0) is 13.8 Å². The van der Waals surface area contributed by atoms with E-state index in [-0.39, 0.29) is 5.78 Å². The summed E-state index contributed by atoms with van der Waals surface area (Å²) in [5.74, 6) is 0.167. The van der Waals surface area contributed by atoms with Crippen molar-refractivity contribution < 1.29 is 13.2 Å². The maximum Gasteiger partial charge on any atom is 0.151 e. The molecule has 9 heavy (non-hydrogen) atoms. The monoisotopic (exact) mass is 152 g/mol. The quantitative estimate of drug-likeness (QED) is 0.550. The Labute approximate surface area is 58.1 Å². The lowest BCUT2D eigenvalue weighted by Crippen LogP contribution is -1.83. The molecular weight excluding hydrogens is 140 g/mol. The third-order valence-corrected chi connectivity index (χ3v) is 0.704. The van der Waals surface area contributed by atoms with Crippen molar-refractivity contribution in [2.45, 2.75) is 13.8 Å². The van der Waals surface area contributed by atoms with Crippen LogP contribution in [0.2, 0.25) is 0 Å². The third-order valence-electron chi connectivity index (χ3n) is 0.235. The van der Waals surface area contributed by atoms with Crippen molar-refractivity contribution in [2.75, 3.05) is 13.4 Å². The summed E-state index contributed by atoms with van der Waals surface area (Å²) in [6.07, 6.45) is 1.47. The van der Waals surface area contributed by atoms with Crippen LogP contribution in [0.15, 0.2) is 0 Å². The topological polar surface area (TPSA) is 43.4 Å². The minimum Gasteiger partial charge on any atom is -0.300 e. The Balaban J connectivity index is 0. The summed E-state index contributed by atoms with van der Waals surface area (Å²) in [6.45, 7) is 3.06. The Morgan fingerprint density at radius 2 is 1.56 bits per heavy atom. The van der Waals surface area contributed by atoms with Gasteiger partial charge in [-0.3, -0.25) is 4.18 Å². The van der Waals surface area contributed by atoms with Gasteiger partial charge in [0.25, 0.3) is 0 Å². The zero-order valence-electron chi connectivity index (χ0n) is 6.13. The van der Waals surface area contributed by atoms with Crippen LogP contribution in [-0.4, -0.2) is 23.4 Å². The fraction of sp³-hybridized carbons (Fsp3) is 0.800. The Hall–Kier alpha value is -0.220. The molecule has 0 spiro atoms. The number of hydrogen-bond donors (Lipinski definition) is 0. The Morgan fingerprint density at radius 1 is 1.44 bits per heavy atom. The zero-order valence-corrected chi connectivity index (χ0v) is 6.95. The number of Topliss-reactive ketones (excluding diaryl/α,β-unsaturated/α-hetero) is 1. The molecule has 1 atom stereocenters. The Kier molecular flexibility index (Phi) is 9.99. The first kappa shape index (κ1) is 11.6. The molecule has 0 aliphatic heterocycles. The summed E-state index contributed by atoms with van der Waals surface area (Å²) in [5, 5.41) is 0. The molecule has 0 N–H and O–H groups in total. The first-order valence-electron chi connectivity index (χ1n) is 2.35. The first-order valence-corrected chi connectivity index (χ1v) is 3.84. The SMILES string of the molecule is CC(C)=O.COS(C)=O. The molecule has 0 aliphatic rings. The van der Waals surface area contributed by atoms with Crippen molar-refractivity contribution in [3.05, 3.63) is 0 Å². The number of carbonyl (C=O) groups excluding carboxylic acids is 1. The van der Waals surface area contributed by atoms with Crippen molar-refractivity contribution in [2.24, 2.45) is 0 Å². The predicted molar refractivity (Wildman–Crippen MR) is 37.4 cm³/mol.